The molecule has 2 fully saturated rings. The van der Waals surface area contributed by atoms with E-state index in [4.69, 9.17) is 9.47 Å². The molecule has 2 heterocycles. The maximum atomic E-state index is 11.9. The van der Waals surface area contributed by atoms with Gasteiger partial charge in [-0.25, -0.2) is 4.79 Å². The van der Waals surface area contributed by atoms with Crippen LogP contribution >= 0.6 is 0 Å². The molecule has 0 aromatic heterocycles. The normalized spacial score (nSPS) is 24.4. The number of likely N-dealkylation sites (tertiary alicyclic amines) is 1. The highest BCUT2D eigenvalue weighted by Crippen LogP contribution is 2.39. The lowest BCUT2D eigenvalue weighted by molar-refractivity contribution is -0.145. The second kappa shape index (κ2) is 5.24. The Balaban J connectivity index is 1.81. The van der Waals surface area contributed by atoms with Gasteiger partial charge in [-0.1, -0.05) is 0 Å². The van der Waals surface area contributed by atoms with Gasteiger partial charge in [-0.3, -0.25) is 4.79 Å². The second-order valence-corrected chi connectivity index (χ2v) is 6.73. The summed E-state index contributed by atoms with van der Waals surface area (Å²) in [4.78, 5) is 25.3. The minimum Gasteiger partial charge on any atom is -0.465 e. The number of esters is 1. The van der Waals surface area contributed by atoms with Crippen LogP contribution in [0.5, 0.6) is 0 Å². The Labute approximate surface area is 119 Å². The first-order valence-electron chi connectivity index (χ1n) is 7.13. The van der Waals surface area contributed by atoms with Crippen molar-refractivity contribution in [2.75, 3.05) is 26.2 Å². The van der Waals surface area contributed by atoms with Gasteiger partial charge < -0.3 is 19.7 Å². The Hall–Kier alpha value is -1.30. The molecule has 0 aliphatic carbocycles. The summed E-state index contributed by atoms with van der Waals surface area (Å²) in [5.74, 6) is -0.194. The van der Waals surface area contributed by atoms with Crippen molar-refractivity contribution >= 4 is 12.1 Å². The maximum absolute atomic E-state index is 11.9. The number of nitrogens with zero attached hydrogens (tertiary/aromatic N) is 1. The first-order chi connectivity index (χ1) is 9.25. The predicted molar refractivity (Wildman–Crippen MR) is 73.3 cm³/mol. The third-order valence-electron chi connectivity index (χ3n) is 3.64. The van der Waals surface area contributed by atoms with Crippen LogP contribution in [0.25, 0.3) is 0 Å². The summed E-state index contributed by atoms with van der Waals surface area (Å²) < 4.78 is 10.4. The molecule has 0 saturated carbocycles. The molecular weight excluding hydrogens is 260 g/mol. The standard InChI is InChI=1S/C14H24N2O4/c1-5-19-11(17)10-6-14(7-15-10)8-16(9-14)12(18)20-13(2,3)4/h10,15H,5-9H2,1-4H3/t10-/m0/s1. The molecule has 20 heavy (non-hydrogen) atoms. The minimum absolute atomic E-state index is 0.00827. The fourth-order valence-electron chi connectivity index (χ4n) is 2.79. The molecule has 1 spiro atoms. The highest BCUT2D eigenvalue weighted by molar-refractivity contribution is 5.76. The van der Waals surface area contributed by atoms with Crippen LogP contribution in [0, 0.1) is 5.41 Å². The largest absolute Gasteiger partial charge is 0.465 e. The molecule has 114 valence electrons. The van der Waals surface area contributed by atoms with Gasteiger partial charge in [0.1, 0.15) is 11.6 Å². The molecule has 1 N–H and O–H groups in total. The van der Waals surface area contributed by atoms with Gasteiger partial charge >= 0.3 is 12.1 Å². The van der Waals surface area contributed by atoms with Crippen molar-refractivity contribution in [3.05, 3.63) is 0 Å². The van der Waals surface area contributed by atoms with Gasteiger partial charge in [-0.15, -0.1) is 0 Å². The lowest BCUT2D eigenvalue weighted by Crippen LogP contribution is -2.60. The van der Waals surface area contributed by atoms with E-state index in [1.165, 1.54) is 0 Å². The lowest BCUT2D eigenvalue weighted by atomic mass is 9.78. The molecular formula is C14H24N2O4. The van der Waals surface area contributed by atoms with Crippen molar-refractivity contribution < 1.29 is 19.1 Å². The maximum Gasteiger partial charge on any atom is 0.410 e. The van der Waals surface area contributed by atoms with E-state index in [9.17, 15) is 9.59 Å². The van der Waals surface area contributed by atoms with E-state index in [1.807, 2.05) is 20.8 Å². The predicted octanol–water partition coefficient (Wildman–Crippen LogP) is 1.15. The third kappa shape index (κ3) is 3.23. The minimum atomic E-state index is -0.471. The molecule has 6 nitrogen and oxygen atoms in total. The molecule has 2 aliphatic heterocycles. The number of rotatable bonds is 2. The van der Waals surface area contributed by atoms with E-state index in [0.717, 1.165) is 13.0 Å². The summed E-state index contributed by atoms with van der Waals surface area (Å²) in [6.45, 7) is 9.80. The van der Waals surface area contributed by atoms with Crippen molar-refractivity contribution in [3.63, 3.8) is 0 Å². The fourth-order valence-corrected chi connectivity index (χ4v) is 2.79. The fraction of sp³-hybridized carbons (Fsp3) is 0.857. The first-order valence-corrected chi connectivity index (χ1v) is 7.13. The molecule has 1 atom stereocenters. The Bertz CT molecular complexity index is 396. The van der Waals surface area contributed by atoms with E-state index in [-0.39, 0.29) is 23.5 Å². The second-order valence-electron chi connectivity index (χ2n) is 6.73. The van der Waals surface area contributed by atoms with Crippen LogP contribution in [0.3, 0.4) is 0 Å². The van der Waals surface area contributed by atoms with Crippen LogP contribution in [0.1, 0.15) is 34.1 Å². The average molecular weight is 284 g/mol. The van der Waals surface area contributed by atoms with E-state index >= 15 is 0 Å². The highest BCUT2D eigenvalue weighted by Gasteiger charge is 2.52. The topological polar surface area (TPSA) is 67.9 Å². The number of hydrogen-bond acceptors (Lipinski definition) is 5. The van der Waals surface area contributed by atoms with E-state index in [2.05, 4.69) is 5.32 Å². The molecule has 6 heteroatoms. The molecule has 2 aliphatic rings. The Morgan fingerprint density at radius 3 is 2.55 bits per heavy atom. The zero-order chi connectivity index (χ0) is 15.0. The number of carbonyl (C=O) groups excluding carboxylic acids is 2. The number of nitrogens with one attached hydrogen (secondary N) is 1. The Kier molecular flexibility index (Phi) is 3.95. The molecule has 0 bridgehead atoms. The van der Waals surface area contributed by atoms with Gasteiger partial charge in [-0.05, 0) is 34.1 Å². The van der Waals surface area contributed by atoms with Crippen molar-refractivity contribution in [1.82, 2.24) is 10.2 Å². The van der Waals surface area contributed by atoms with Gasteiger partial charge in [0.05, 0.1) is 6.61 Å². The molecule has 2 saturated heterocycles. The van der Waals surface area contributed by atoms with Crippen LogP contribution < -0.4 is 5.32 Å². The quantitative estimate of drug-likeness (QED) is 0.770. The third-order valence-corrected chi connectivity index (χ3v) is 3.64. The van der Waals surface area contributed by atoms with Crippen LogP contribution in [-0.2, 0) is 14.3 Å². The number of amides is 1. The number of hydrogen-bond donors (Lipinski definition) is 1. The van der Waals surface area contributed by atoms with Gasteiger partial charge in [-0.2, -0.15) is 0 Å². The molecule has 2 rings (SSSR count). The van der Waals surface area contributed by atoms with Crippen molar-refractivity contribution in [1.29, 1.82) is 0 Å². The molecule has 1 amide bonds. The highest BCUT2D eigenvalue weighted by atomic mass is 16.6. The van der Waals surface area contributed by atoms with Crippen molar-refractivity contribution in [2.24, 2.45) is 5.41 Å². The number of carbonyl (C=O) groups is 2. The van der Waals surface area contributed by atoms with Gasteiger partial charge in [0.2, 0.25) is 0 Å². The Morgan fingerprint density at radius 2 is 2.00 bits per heavy atom. The summed E-state index contributed by atoms with van der Waals surface area (Å²) in [5.41, 5.74) is -0.463. The lowest BCUT2D eigenvalue weighted by Gasteiger charge is -2.47. The molecule has 0 aromatic rings. The monoisotopic (exact) mass is 284 g/mol. The molecule has 0 aromatic carbocycles. The van der Waals surface area contributed by atoms with Crippen LogP contribution in [0.4, 0.5) is 4.79 Å². The van der Waals surface area contributed by atoms with Crippen molar-refractivity contribution in [2.45, 2.75) is 45.8 Å². The molecule has 0 unspecified atom stereocenters. The first kappa shape index (κ1) is 15.1. The van der Waals surface area contributed by atoms with Gasteiger partial charge in [0.15, 0.2) is 0 Å². The summed E-state index contributed by atoms with van der Waals surface area (Å²) in [7, 11) is 0. The zero-order valence-electron chi connectivity index (χ0n) is 12.7. The van der Waals surface area contributed by atoms with Crippen LogP contribution in [0.2, 0.25) is 0 Å². The van der Waals surface area contributed by atoms with E-state index in [0.29, 0.717) is 19.7 Å². The van der Waals surface area contributed by atoms with Gasteiger partial charge in [0.25, 0.3) is 0 Å². The van der Waals surface area contributed by atoms with E-state index < -0.39 is 5.60 Å². The average Bonchev–Trinajstić information content (AvgIpc) is 2.69. The summed E-state index contributed by atoms with van der Waals surface area (Å²) in [6.07, 6.45) is 0.452. The van der Waals surface area contributed by atoms with Crippen LogP contribution in [-0.4, -0.2) is 54.8 Å². The summed E-state index contributed by atoms with van der Waals surface area (Å²) in [6, 6.07) is -0.240. The van der Waals surface area contributed by atoms with Crippen molar-refractivity contribution in [3.8, 4) is 0 Å². The number of ether oxygens (including phenoxy) is 2. The molecule has 0 radical (unpaired) electrons. The van der Waals surface area contributed by atoms with Gasteiger partial charge in [0, 0.05) is 25.0 Å². The zero-order valence-corrected chi connectivity index (χ0v) is 12.7. The summed E-state index contributed by atoms with van der Waals surface area (Å²) >= 11 is 0. The smallest absolute Gasteiger partial charge is 0.410 e. The summed E-state index contributed by atoms with van der Waals surface area (Å²) in [5, 5.41) is 3.19. The van der Waals surface area contributed by atoms with E-state index in [1.54, 1.807) is 11.8 Å². The SMILES string of the molecule is CCOC(=O)[C@@H]1CC2(CN1)CN(C(=O)OC(C)(C)C)C2. The van der Waals surface area contributed by atoms with Crippen LogP contribution in [0.15, 0.2) is 0 Å². The Morgan fingerprint density at radius 1 is 1.35 bits per heavy atom.